The Hall–Kier alpha value is -1.50. The van der Waals surface area contributed by atoms with Gasteiger partial charge in [0.1, 0.15) is 16.2 Å². The highest BCUT2D eigenvalue weighted by molar-refractivity contribution is 6.33. The van der Waals surface area contributed by atoms with Crippen molar-refractivity contribution in [2.45, 2.75) is 24.6 Å². The monoisotopic (exact) mass is 280 g/mol. The van der Waals surface area contributed by atoms with E-state index in [0.29, 0.717) is 0 Å². The van der Waals surface area contributed by atoms with Gasteiger partial charge in [-0.1, -0.05) is 17.7 Å². The summed E-state index contributed by atoms with van der Waals surface area (Å²) < 4.78 is 38.2. The van der Waals surface area contributed by atoms with Crippen molar-refractivity contribution >= 4 is 23.0 Å². The Bertz CT molecular complexity index is 500. The molecule has 0 atom stereocenters. The van der Waals surface area contributed by atoms with Crippen LogP contribution in [0.2, 0.25) is 5.02 Å². The Kier molecular flexibility index (Phi) is 2.89. The lowest BCUT2D eigenvalue weighted by Gasteiger charge is -2.21. The van der Waals surface area contributed by atoms with Crippen molar-refractivity contribution in [2.75, 3.05) is 5.32 Å². The van der Waals surface area contributed by atoms with E-state index >= 15 is 0 Å². The molecular weight excluding hydrogens is 273 g/mol. The van der Waals surface area contributed by atoms with Gasteiger partial charge in [0.25, 0.3) is 0 Å². The Morgan fingerprint density at radius 3 is 2.44 bits per heavy atom. The molecule has 18 heavy (non-hydrogen) atoms. The summed E-state index contributed by atoms with van der Waals surface area (Å²) in [6, 6.07) is 3.85. The summed E-state index contributed by atoms with van der Waals surface area (Å²) in [5, 5.41) is 12.8. The smallest absolute Gasteiger partial charge is 0.366 e. The molecule has 0 radical (unpaired) electrons. The number of nitrogens with one attached hydrogen (secondary N) is 1. The highest BCUT2D eigenvalue weighted by Crippen LogP contribution is 2.52. The number of hydrogen-bond acceptors (Lipinski definition) is 3. The highest BCUT2D eigenvalue weighted by atomic mass is 35.5. The molecule has 1 N–H and O–H groups in total. The van der Waals surface area contributed by atoms with Crippen molar-refractivity contribution < 1.29 is 18.1 Å². The standard InChI is InChI=1S/C10H8ClF3N2O2/c11-6-2-1-3-7(8(6)16(17)18)15-9(4-5-9)10(12,13)14/h1-3,15H,4-5H2. The number of rotatable bonds is 3. The fraction of sp³-hybridized carbons (Fsp3) is 0.400. The first-order valence-electron chi connectivity index (χ1n) is 5.05. The number of para-hydroxylation sites is 1. The van der Waals surface area contributed by atoms with Gasteiger partial charge in [0.05, 0.1) is 4.92 Å². The number of benzene rings is 1. The molecule has 0 saturated heterocycles. The first-order chi connectivity index (χ1) is 8.27. The zero-order valence-electron chi connectivity index (χ0n) is 8.92. The quantitative estimate of drug-likeness (QED) is 0.677. The minimum Gasteiger partial charge on any atom is -0.366 e. The Labute approximate surface area is 105 Å². The molecule has 1 saturated carbocycles. The summed E-state index contributed by atoms with van der Waals surface area (Å²) in [6.07, 6.45) is -4.64. The molecule has 1 fully saturated rings. The van der Waals surface area contributed by atoms with Crippen LogP contribution in [0.5, 0.6) is 0 Å². The lowest BCUT2D eigenvalue weighted by Crippen LogP contribution is -2.38. The van der Waals surface area contributed by atoms with Crippen LogP contribution in [0.4, 0.5) is 24.5 Å². The molecule has 8 heteroatoms. The molecule has 1 aromatic rings. The first kappa shape index (κ1) is 12.9. The van der Waals surface area contributed by atoms with E-state index < -0.39 is 22.3 Å². The van der Waals surface area contributed by atoms with Gasteiger partial charge in [0.2, 0.25) is 0 Å². The van der Waals surface area contributed by atoms with Crippen molar-refractivity contribution in [3.05, 3.63) is 33.3 Å². The second kappa shape index (κ2) is 4.01. The molecule has 1 aliphatic carbocycles. The van der Waals surface area contributed by atoms with Crippen molar-refractivity contribution in [3.8, 4) is 0 Å². The summed E-state index contributed by atoms with van der Waals surface area (Å²) in [5.74, 6) is 0. The third kappa shape index (κ3) is 2.10. The molecule has 0 aromatic heterocycles. The maximum atomic E-state index is 12.7. The molecule has 0 unspecified atom stereocenters. The van der Waals surface area contributed by atoms with Gasteiger partial charge in [-0.25, -0.2) is 0 Å². The van der Waals surface area contributed by atoms with Gasteiger partial charge >= 0.3 is 11.9 Å². The number of hydrogen-bond donors (Lipinski definition) is 1. The predicted octanol–water partition coefficient (Wildman–Crippen LogP) is 3.75. The topological polar surface area (TPSA) is 55.2 Å². The number of nitro groups is 1. The van der Waals surface area contributed by atoms with Crippen LogP contribution in [0.3, 0.4) is 0 Å². The predicted molar refractivity (Wildman–Crippen MR) is 59.7 cm³/mol. The van der Waals surface area contributed by atoms with Crippen LogP contribution in [0, 0.1) is 10.1 Å². The van der Waals surface area contributed by atoms with Crippen LogP contribution < -0.4 is 5.32 Å². The van der Waals surface area contributed by atoms with Crippen molar-refractivity contribution in [3.63, 3.8) is 0 Å². The van der Waals surface area contributed by atoms with E-state index in [4.69, 9.17) is 11.6 Å². The van der Waals surface area contributed by atoms with E-state index in [9.17, 15) is 23.3 Å². The fourth-order valence-electron chi connectivity index (χ4n) is 1.66. The number of anilines is 1. The van der Waals surface area contributed by atoms with Crippen LogP contribution in [0.25, 0.3) is 0 Å². The van der Waals surface area contributed by atoms with Gasteiger partial charge in [0.15, 0.2) is 0 Å². The fourth-order valence-corrected chi connectivity index (χ4v) is 1.91. The van der Waals surface area contributed by atoms with Crippen LogP contribution in [-0.2, 0) is 0 Å². The van der Waals surface area contributed by atoms with E-state index in [0.717, 1.165) is 0 Å². The molecule has 0 bridgehead atoms. The molecular formula is C10H8ClF3N2O2. The zero-order valence-corrected chi connectivity index (χ0v) is 9.68. The van der Waals surface area contributed by atoms with Crippen LogP contribution >= 0.6 is 11.6 Å². The number of nitrogens with zero attached hydrogens (tertiary/aromatic N) is 1. The summed E-state index contributed by atoms with van der Waals surface area (Å²) in [6.45, 7) is 0. The second-order valence-corrected chi connectivity index (χ2v) is 4.51. The minimum atomic E-state index is -4.44. The molecule has 0 heterocycles. The third-order valence-electron chi connectivity index (χ3n) is 2.84. The van der Waals surface area contributed by atoms with Gasteiger partial charge in [-0.2, -0.15) is 13.2 Å². The molecule has 0 amide bonds. The van der Waals surface area contributed by atoms with E-state index in [-0.39, 0.29) is 23.6 Å². The first-order valence-corrected chi connectivity index (χ1v) is 5.42. The molecule has 2 rings (SSSR count). The summed E-state index contributed by atoms with van der Waals surface area (Å²) in [5.41, 5.74) is -2.79. The van der Waals surface area contributed by atoms with Crippen molar-refractivity contribution in [1.29, 1.82) is 0 Å². The summed E-state index contributed by atoms with van der Waals surface area (Å²) >= 11 is 5.62. The maximum absolute atomic E-state index is 12.7. The van der Waals surface area contributed by atoms with Crippen molar-refractivity contribution in [2.24, 2.45) is 0 Å². The average molecular weight is 281 g/mol. The molecule has 4 nitrogen and oxygen atoms in total. The minimum absolute atomic E-state index is 0.0971. The normalized spacial score (nSPS) is 17.3. The van der Waals surface area contributed by atoms with Gasteiger partial charge < -0.3 is 5.32 Å². The van der Waals surface area contributed by atoms with E-state index in [2.05, 4.69) is 5.32 Å². The van der Waals surface area contributed by atoms with E-state index in [1.54, 1.807) is 0 Å². The molecule has 0 aliphatic heterocycles. The van der Waals surface area contributed by atoms with Crippen LogP contribution in [0.15, 0.2) is 18.2 Å². The summed E-state index contributed by atoms with van der Waals surface area (Å²) in [4.78, 5) is 10.0. The molecule has 0 spiro atoms. The van der Waals surface area contributed by atoms with Crippen molar-refractivity contribution in [1.82, 2.24) is 0 Å². The SMILES string of the molecule is O=[N+]([O-])c1c(Cl)cccc1NC1(C(F)(F)F)CC1. The average Bonchev–Trinajstić information content (AvgIpc) is 2.97. The lowest BCUT2D eigenvalue weighted by molar-refractivity contribution is -0.383. The Balaban J connectivity index is 2.36. The van der Waals surface area contributed by atoms with Gasteiger partial charge in [0, 0.05) is 0 Å². The maximum Gasteiger partial charge on any atom is 0.411 e. The molecule has 1 aliphatic rings. The lowest BCUT2D eigenvalue weighted by atomic mass is 10.2. The van der Waals surface area contributed by atoms with Gasteiger partial charge in [-0.3, -0.25) is 10.1 Å². The molecule has 1 aromatic carbocycles. The zero-order chi connectivity index (χ0) is 13.6. The second-order valence-electron chi connectivity index (χ2n) is 4.10. The highest BCUT2D eigenvalue weighted by Gasteiger charge is 2.64. The number of halogens is 4. The Morgan fingerprint density at radius 2 is 2.00 bits per heavy atom. The summed E-state index contributed by atoms with van der Waals surface area (Å²) in [7, 11) is 0. The van der Waals surface area contributed by atoms with E-state index in [1.807, 2.05) is 0 Å². The number of alkyl halides is 3. The van der Waals surface area contributed by atoms with E-state index in [1.165, 1.54) is 18.2 Å². The Morgan fingerprint density at radius 1 is 1.39 bits per heavy atom. The third-order valence-corrected chi connectivity index (χ3v) is 3.14. The van der Waals surface area contributed by atoms with Gasteiger partial charge in [-0.05, 0) is 25.0 Å². The van der Waals surface area contributed by atoms with Gasteiger partial charge in [-0.15, -0.1) is 0 Å². The van der Waals surface area contributed by atoms with Crippen LogP contribution in [0.1, 0.15) is 12.8 Å². The number of nitro benzene ring substituents is 1. The molecule has 98 valence electrons. The largest absolute Gasteiger partial charge is 0.411 e. The van der Waals surface area contributed by atoms with Crippen LogP contribution in [-0.4, -0.2) is 16.6 Å².